The molecule has 366 valence electrons. The molecule has 13 atom stereocenters. The highest BCUT2D eigenvalue weighted by molar-refractivity contribution is 6.39. The predicted molar refractivity (Wildman–Crippen MR) is 250 cm³/mol. The molecule has 1 aromatic carbocycles. The minimum Gasteiger partial charge on any atom is -0.456 e. The molecule has 0 radical (unpaired) electrons. The number of hydrogen-bond acceptors (Lipinski definition) is 12. The van der Waals surface area contributed by atoms with Gasteiger partial charge < -0.3 is 38.4 Å². The van der Waals surface area contributed by atoms with Crippen LogP contribution in [0.3, 0.4) is 0 Å². The first-order valence-corrected chi connectivity index (χ1v) is 24.4. The lowest BCUT2D eigenvalue weighted by Crippen LogP contribution is -2.64. The Morgan fingerprint density at radius 3 is 2.32 bits per heavy atom. The number of methoxy groups -OCH3 is 2. The van der Waals surface area contributed by atoms with Crippen LogP contribution < -0.4 is 0 Å². The van der Waals surface area contributed by atoms with Crippen LogP contribution in [-0.2, 0) is 47.6 Å². The first kappa shape index (κ1) is 53.1. The van der Waals surface area contributed by atoms with Crippen molar-refractivity contribution in [2.24, 2.45) is 29.6 Å². The number of carbonyl (C=O) groups excluding carboxylic acids is 5. The summed E-state index contributed by atoms with van der Waals surface area (Å²) in [6.45, 7) is 15.9. The van der Waals surface area contributed by atoms with Crippen molar-refractivity contribution in [1.82, 2.24) is 4.90 Å². The van der Waals surface area contributed by atoms with Gasteiger partial charge in [0.05, 0.1) is 31.0 Å². The van der Waals surface area contributed by atoms with Gasteiger partial charge in [-0.05, 0) is 108 Å². The van der Waals surface area contributed by atoms with Gasteiger partial charge in [-0.3, -0.25) is 19.2 Å². The Kier molecular flexibility index (Phi) is 20.1. The van der Waals surface area contributed by atoms with E-state index in [1.165, 1.54) is 4.90 Å². The standard InChI is InChI=1S/C53H77NO12/c1-10-25-63-45-31-38(21-23-44(45)64-32-43(56)40-17-13-12-14-18-40)29-36(6)48-35(5)20-22-42(55)39(11-2)27-33(3)26-34(4)28-46(61-8)49-47(62-9)30-37(7)53(60,66-49)50(57)51(58)54-24-16-15-19-41(54)52(59)65-48/h10,12-14,17-18,27,29,34-35,37-39,41,44-49,60H,1,11,15-16,19-26,28,30-32H2,2-9H3/b33-27+,36-29?. The Balaban J connectivity index is 1.45. The summed E-state index contributed by atoms with van der Waals surface area (Å²) in [5.74, 6) is -6.56. The molecule has 2 saturated heterocycles. The Morgan fingerprint density at radius 2 is 1.64 bits per heavy atom. The minimum absolute atomic E-state index is 0.0185. The summed E-state index contributed by atoms with van der Waals surface area (Å²) in [5, 5.41) is 12.1. The van der Waals surface area contributed by atoms with Crippen LogP contribution in [0.5, 0.6) is 0 Å². The molecule has 1 N–H and O–H groups in total. The number of benzene rings is 1. The van der Waals surface area contributed by atoms with Crippen molar-refractivity contribution in [3.8, 4) is 0 Å². The number of Topliss-reactive ketones (excluding diaryl/α,β-unsaturated/α-hetero) is 3. The first-order chi connectivity index (χ1) is 31.5. The fourth-order valence-corrected chi connectivity index (χ4v) is 10.6. The van der Waals surface area contributed by atoms with Crippen LogP contribution in [0, 0.1) is 29.6 Å². The van der Waals surface area contributed by atoms with Crippen molar-refractivity contribution < 1.29 is 57.5 Å². The van der Waals surface area contributed by atoms with Gasteiger partial charge in [0.15, 0.2) is 5.78 Å². The quantitative estimate of drug-likeness (QED) is 0.0933. The number of ketones is 3. The summed E-state index contributed by atoms with van der Waals surface area (Å²) in [6.07, 6.45) is 8.72. The number of cyclic esters (lactones) is 1. The summed E-state index contributed by atoms with van der Waals surface area (Å²) < 4.78 is 37.0. The van der Waals surface area contributed by atoms with E-state index in [1.807, 2.05) is 45.9 Å². The zero-order chi connectivity index (χ0) is 48.1. The molecule has 3 heterocycles. The summed E-state index contributed by atoms with van der Waals surface area (Å²) in [5.41, 5.74) is 2.46. The molecule has 1 aromatic rings. The fraction of sp³-hybridized carbons (Fsp3) is 0.679. The van der Waals surface area contributed by atoms with E-state index in [9.17, 15) is 29.1 Å². The molecule has 5 rings (SSSR count). The van der Waals surface area contributed by atoms with Crippen LogP contribution in [0.1, 0.15) is 129 Å². The Hall–Kier alpha value is -3.85. The number of nitrogens with zero attached hydrogens (tertiary/aromatic N) is 1. The molecular formula is C53H77NO12. The monoisotopic (exact) mass is 920 g/mol. The van der Waals surface area contributed by atoms with Gasteiger partial charge in [0, 0.05) is 44.6 Å². The van der Waals surface area contributed by atoms with E-state index < -0.39 is 59.8 Å². The highest BCUT2D eigenvalue weighted by Crippen LogP contribution is 2.39. The molecule has 1 saturated carbocycles. The fourth-order valence-electron chi connectivity index (χ4n) is 10.6. The van der Waals surface area contributed by atoms with Gasteiger partial charge in [-0.25, -0.2) is 4.79 Å². The van der Waals surface area contributed by atoms with Crippen molar-refractivity contribution in [3.05, 3.63) is 71.8 Å². The molecule has 3 aliphatic heterocycles. The SMILES string of the molecule is C=CCOC1CC(C=C(C)C2OC(=O)C3CCCCN3C(=O)C(=O)C3(O)OC(C(OC)CC(C)C/C(C)=C/C(CC)C(=O)CCC2C)C(OC)CC3C)CCC1OCC(=O)c1ccccc1. The summed E-state index contributed by atoms with van der Waals surface area (Å²) >= 11 is 0. The zero-order valence-electron chi connectivity index (χ0n) is 40.7. The van der Waals surface area contributed by atoms with E-state index in [4.69, 9.17) is 28.4 Å². The minimum atomic E-state index is -2.49. The Labute approximate surface area is 393 Å². The molecule has 13 unspecified atom stereocenters. The normalized spacial score (nSPS) is 35.7. The maximum absolute atomic E-state index is 14.5. The molecule has 1 amide bonds. The largest absolute Gasteiger partial charge is 0.456 e. The van der Waals surface area contributed by atoms with Gasteiger partial charge in [-0.1, -0.05) is 81.8 Å². The molecule has 1 aliphatic carbocycles. The molecule has 13 nitrogen and oxygen atoms in total. The van der Waals surface area contributed by atoms with Crippen molar-refractivity contribution >= 4 is 29.2 Å². The topological polar surface area (TPSA) is 164 Å². The second-order valence-electron chi connectivity index (χ2n) is 19.5. The number of aliphatic hydroxyl groups is 1. The van der Waals surface area contributed by atoms with Crippen molar-refractivity contribution in [2.75, 3.05) is 34.0 Å². The third kappa shape index (κ3) is 13.4. The molecule has 66 heavy (non-hydrogen) atoms. The number of ether oxygens (including phenoxy) is 6. The molecular weight excluding hydrogens is 843 g/mol. The highest BCUT2D eigenvalue weighted by Gasteiger charge is 2.56. The number of fused-ring (bicyclic) bond motifs is 3. The molecule has 13 heteroatoms. The number of amides is 1. The van der Waals surface area contributed by atoms with Gasteiger partial charge in [0.1, 0.15) is 30.6 Å². The van der Waals surface area contributed by atoms with E-state index in [0.29, 0.717) is 63.5 Å². The number of piperidine rings is 1. The van der Waals surface area contributed by atoms with Crippen LogP contribution in [0.15, 0.2) is 66.3 Å². The van der Waals surface area contributed by atoms with Crippen molar-refractivity contribution in [3.63, 3.8) is 0 Å². The average Bonchev–Trinajstić information content (AvgIpc) is 3.32. The van der Waals surface area contributed by atoms with Gasteiger partial charge in [0.25, 0.3) is 11.7 Å². The van der Waals surface area contributed by atoms with Gasteiger partial charge in [0.2, 0.25) is 5.79 Å². The lowest BCUT2D eigenvalue weighted by molar-refractivity contribution is -0.302. The van der Waals surface area contributed by atoms with Crippen LogP contribution >= 0.6 is 0 Å². The first-order valence-electron chi connectivity index (χ1n) is 24.4. The molecule has 4 aliphatic rings. The zero-order valence-corrected chi connectivity index (χ0v) is 40.7. The number of esters is 1. The molecule has 0 aromatic heterocycles. The lowest BCUT2D eigenvalue weighted by atomic mass is 9.82. The summed E-state index contributed by atoms with van der Waals surface area (Å²) in [7, 11) is 3.10. The van der Waals surface area contributed by atoms with Crippen LogP contribution in [0.2, 0.25) is 0 Å². The van der Waals surface area contributed by atoms with E-state index in [1.54, 1.807) is 39.4 Å². The van der Waals surface area contributed by atoms with Crippen LogP contribution in [-0.4, -0.2) is 122 Å². The number of allylic oxidation sites excluding steroid dienone is 3. The second-order valence-corrected chi connectivity index (χ2v) is 19.5. The Bertz CT molecular complexity index is 1880. The maximum Gasteiger partial charge on any atom is 0.329 e. The lowest BCUT2D eigenvalue weighted by Gasteiger charge is -2.47. The van der Waals surface area contributed by atoms with Crippen molar-refractivity contribution in [1.29, 1.82) is 0 Å². The summed E-state index contributed by atoms with van der Waals surface area (Å²) in [4.78, 5) is 71.4. The third-order valence-electron chi connectivity index (χ3n) is 14.4. The Morgan fingerprint density at radius 1 is 0.924 bits per heavy atom. The second kappa shape index (κ2) is 25.0. The van der Waals surface area contributed by atoms with Gasteiger partial charge in [-0.2, -0.15) is 0 Å². The molecule has 3 fully saturated rings. The van der Waals surface area contributed by atoms with Crippen molar-refractivity contribution in [2.45, 2.75) is 167 Å². The van der Waals surface area contributed by atoms with E-state index in [2.05, 4.69) is 25.7 Å². The summed E-state index contributed by atoms with van der Waals surface area (Å²) in [6, 6.07) is 7.98. The number of carbonyl (C=O) groups is 5. The average molecular weight is 920 g/mol. The van der Waals surface area contributed by atoms with Gasteiger partial charge in [-0.15, -0.1) is 6.58 Å². The van der Waals surface area contributed by atoms with Crippen LogP contribution in [0.4, 0.5) is 0 Å². The smallest absolute Gasteiger partial charge is 0.329 e. The van der Waals surface area contributed by atoms with Gasteiger partial charge >= 0.3 is 5.97 Å². The van der Waals surface area contributed by atoms with E-state index >= 15 is 0 Å². The third-order valence-corrected chi connectivity index (χ3v) is 14.4. The van der Waals surface area contributed by atoms with Crippen LogP contribution in [0.25, 0.3) is 0 Å². The van der Waals surface area contributed by atoms with E-state index in [0.717, 1.165) is 17.6 Å². The maximum atomic E-state index is 14.5. The molecule has 2 bridgehead atoms. The predicted octanol–water partition coefficient (Wildman–Crippen LogP) is 7.97. The number of hydrogen-bond donors (Lipinski definition) is 1. The number of rotatable bonds is 12. The van der Waals surface area contributed by atoms with E-state index in [-0.39, 0.29) is 79.9 Å². The highest BCUT2D eigenvalue weighted by atomic mass is 16.7. The molecule has 0 spiro atoms.